The van der Waals surface area contributed by atoms with Gasteiger partial charge in [-0.25, -0.2) is 4.98 Å². The van der Waals surface area contributed by atoms with Gasteiger partial charge in [-0.3, -0.25) is 0 Å². The van der Waals surface area contributed by atoms with Crippen LogP contribution in [0.25, 0.3) is 0 Å². The number of nitrogens with one attached hydrogen (secondary N) is 1. The molecule has 16 heavy (non-hydrogen) atoms. The molecular weight excluding hydrogens is 264 g/mol. The third-order valence-electron chi connectivity index (χ3n) is 2.86. The monoisotopic (exact) mass is 284 g/mol. The van der Waals surface area contributed by atoms with Crippen molar-refractivity contribution in [3.63, 3.8) is 0 Å². The van der Waals surface area contributed by atoms with Gasteiger partial charge >= 0.3 is 0 Å². The van der Waals surface area contributed by atoms with Gasteiger partial charge in [0.25, 0.3) is 0 Å². The summed E-state index contributed by atoms with van der Waals surface area (Å²) in [5, 5.41) is 3.51. The molecule has 0 aromatic carbocycles. The minimum atomic E-state index is 0.552. The number of pyridine rings is 1. The first-order valence-electron chi connectivity index (χ1n) is 5.96. The first-order valence-corrected chi connectivity index (χ1v) is 6.76. The largest absolute Gasteiger partial charge is 0.309 e. The number of rotatable bonds is 6. The Balaban J connectivity index is 2.34. The molecule has 0 radical (unpaired) electrons. The lowest BCUT2D eigenvalue weighted by Gasteiger charge is -2.17. The summed E-state index contributed by atoms with van der Waals surface area (Å²) in [6.07, 6.45) is 2.48. The molecule has 0 aliphatic heterocycles. The molecule has 1 aromatic rings. The van der Waals surface area contributed by atoms with Crippen molar-refractivity contribution in [1.82, 2.24) is 10.3 Å². The van der Waals surface area contributed by atoms with Gasteiger partial charge in [0.1, 0.15) is 4.60 Å². The van der Waals surface area contributed by atoms with E-state index in [0.717, 1.165) is 22.8 Å². The highest BCUT2D eigenvalue weighted by molar-refractivity contribution is 9.10. The maximum atomic E-state index is 4.40. The molecule has 2 atom stereocenters. The molecule has 0 bridgehead atoms. The molecular formula is C13H21BrN2. The van der Waals surface area contributed by atoms with E-state index in [1.807, 2.05) is 18.2 Å². The van der Waals surface area contributed by atoms with Gasteiger partial charge in [-0.2, -0.15) is 0 Å². The summed E-state index contributed by atoms with van der Waals surface area (Å²) in [5.74, 6) is 0.790. The van der Waals surface area contributed by atoms with Gasteiger partial charge in [-0.1, -0.05) is 26.3 Å². The van der Waals surface area contributed by atoms with Crippen LogP contribution in [0.4, 0.5) is 0 Å². The molecule has 0 spiro atoms. The third-order valence-corrected chi connectivity index (χ3v) is 3.30. The van der Waals surface area contributed by atoms with Crippen LogP contribution in [-0.4, -0.2) is 11.0 Å². The van der Waals surface area contributed by atoms with Crippen molar-refractivity contribution in [3.8, 4) is 0 Å². The standard InChI is InChI=1S/C13H21BrN2/c1-4-10(2)8-11(3)15-9-12-6-5-7-13(14)16-12/h5-7,10-11,15H,4,8-9H2,1-3H3. The molecule has 90 valence electrons. The summed E-state index contributed by atoms with van der Waals surface area (Å²) in [5.41, 5.74) is 1.09. The Bertz CT molecular complexity index is 315. The van der Waals surface area contributed by atoms with Crippen LogP contribution >= 0.6 is 15.9 Å². The Morgan fingerprint density at radius 3 is 2.75 bits per heavy atom. The van der Waals surface area contributed by atoms with Crippen LogP contribution in [0.1, 0.15) is 39.3 Å². The Morgan fingerprint density at radius 2 is 2.12 bits per heavy atom. The molecule has 0 amide bonds. The topological polar surface area (TPSA) is 24.9 Å². The van der Waals surface area contributed by atoms with Crippen molar-refractivity contribution in [2.45, 2.75) is 46.2 Å². The Hall–Kier alpha value is -0.410. The van der Waals surface area contributed by atoms with Gasteiger partial charge in [0, 0.05) is 12.6 Å². The van der Waals surface area contributed by atoms with E-state index < -0.39 is 0 Å². The predicted molar refractivity (Wildman–Crippen MR) is 72.3 cm³/mol. The van der Waals surface area contributed by atoms with E-state index in [4.69, 9.17) is 0 Å². The molecule has 3 heteroatoms. The summed E-state index contributed by atoms with van der Waals surface area (Å²) in [6, 6.07) is 6.57. The highest BCUT2D eigenvalue weighted by Gasteiger charge is 2.06. The van der Waals surface area contributed by atoms with E-state index in [1.165, 1.54) is 12.8 Å². The zero-order valence-corrected chi connectivity index (χ0v) is 11.9. The van der Waals surface area contributed by atoms with Crippen LogP contribution in [0.2, 0.25) is 0 Å². The first kappa shape index (κ1) is 13.7. The fourth-order valence-corrected chi connectivity index (χ4v) is 2.06. The quantitative estimate of drug-likeness (QED) is 0.805. The number of hydrogen-bond donors (Lipinski definition) is 1. The van der Waals surface area contributed by atoms with Crippen molar-refractivity contribution in [3.05, 3.63) is 28.5 Å². The second kappa shape index (κ2) is 7.02. The van der Waals surface area contributed by atoms with E-state index >= 15 is 0 Å². The molecule has 2 nitrogen and oxygen atoms in total. The molecule has 0 fully saturated rings. The third kappa shape index (κ3) is 5.08. The summed E-state index contributed by atoms with van der Waals surface area (Å²) in [7, 11) is 0. The van der Waals surface area contributed by atoms with E-state index in [-0.39, 0.29) is 0 Å². The number of nitrogens with zero attached hydrogens (tertiary/aromatic N) is 1. The minimum absolute atomic E-state index is 0.552. The maximum absolute atomic E-state index is 4.40. The Morgan fingerprint density at radius 1 is 1.38 bits per heavy atom. The van der Waals surface area contributed by atoms with Gasteiger partial charge in [0.05, 0.1) is 5.69 Å². The van der Waals surface area contributed by atoms with Crippen LogP contribution in [0.5, 0.6) is 0 Å². The number of aromatic nitrogens is 1. The van der Waals surface area contributed by atoms with Crippen molar-refractivity contribution in [2.24, 2.45) is 5.92 Å². The van der Waals surface area contributed by atoms with E-state index in [1.54, 1.807) is 0 Å². The highest BCUT2D eigenvalue weighted by atomic mass is 79.9. The lowest BCUT2D eigenvalue weighted by atomic mass is 10.0. The van der Waals surface area contributed by atoms with Gasteiger partial charge < -0.3 is 5.32 Å². The predicted octanol–water partition coefficient (Wildman–Crippen LogP) is 3.76. The molecule has 0 saturated carbocycles. The van der Waals surface area contributed by atoms with Gasteiger partial charge in [-0.05, 0) is 47.3 Å². The molecule has 1 rings (SSSR count). The summed E-state index contributed by atoms with van der Waals surface area (Å²) in [6.45, 7) is 7.63. The van der Waals surface area contributed by atoms with Crippen molar-refractivity contribution in [1.29, 1.82) is 0 Å². The Labute approximate surface area is 107 Å². The minimum Gasteiger partial charge on any atom is -0.309 e. The van der Waals surface area contributed by atoms with Crippen LogP contribution in [0.15, 0.2) is 22.8 Å². The highest BCUT2D eigenvalue weighted by Crippen LogP contribution is 2.10. The van der Waals surface area contributed by atoms with Crippen molar-refractivity contribution >= 4 is 15.9 Å². The van der Waals surface area contributed by atoms with Crippen LogP contribution in [0.3, 0.4) is 0 Å². The molecule has 0 saturated heterocycles. The van der Waals surface area contributed by atoms with E-state index in [9.17, 15) is 0 Å². The first-order chi connectivity index (χ1) is 7.61. The van der Waals surface area contributed by atoms with Crippen LogP contribution < -0.4 is 5.32 Å². The second-order valence-corrected chi connectivity index (χ2v) is 5.30. The molecule has 1 heterocycles. The van der Waals surface area contributed by atoms with Gasteiger partial charge in [0.15, 0.2) is 0 Å². The van der Waals surface area contributed by atoms with Crippen LogP contribution in [0, 0.1) is 5.92 Å². The molecule has 0 aliphatic carbocycles. The average molecular weight is 285 g/mol. The molecule has 1 aromatic heterocycles. The van der Waals surface area contributed by atoms with E-state index in [0.29, 0.717) is 6.04 Å². The lowest BCUT2D eigenvalue weighted by Crippen LogP contribution is -2.27. The smallest absolute Gasteiger partial charge is 0.106 e. The number of halogens is 1. The summed E-state index contributed by atoms with van der Waals surface area (Å²) in [4.78, 5) is 4.40. The fraction of sp³-hybridized carbons (Fsp3) is 0.615. The second-order valence-electron chi connectivity index (χ2n) is 4.48. The zero-order chi connectivity index (χ0) is 12.0. The fourth-order valence-electron chi connectivity index (χ4n) is 1.68. The summed E-state index contributed by atoms with van der Waals surface area (Å²) >= 11 is 3.38. The molecule has 1 N–H and O–H groups in total. The normalized spacial score (nSPS) is 14.8. The number of hydrogen-bond acceptors (Lipinski definition) is 2. The summed E-state index contributed by atoms with van der Waals surface area (Å²) < 4.78 is 0.904. The average Bonchev–Trinajstić information content (AvgIpc) is 2.26. The zero-order valence-electron chi connectivity index (χ0n) is 10.3. The van der Waals surface area contributed by atoms with Gasteiger partial charge in [-0.15, -0.1) is 0 Å². The SMILES string of the molecule is CCC(C)CC(C)NCc1cccc(Br)n1. The van der Waals surface area contributed by atoms with Crippen LogP contribution in [-0.2, 0) is 6.54 Å². The maximum Gasteiger partial charge on any atom is 0.106 e. The van der Waals surface area contributed by atoms with E-state index in [2.05, 4.69) is 47.0 Å². The molecule has 2 unspecified atom stereocenters. The van der Waals surface area contributed by atoms with Crippen molar-refractivity contribution < 1.29 is 0 Å². The lowest BCUT2D eigenvalue weighted by molar-refractivity contribution is 0.410. The molecule has 0 aliphatic rings. The Kier molecular flexibility index (Phi) is 5.99. The van der Waals surface area contributed by atoms with Crippen molar-refractivity contribution in [2.75, 3.05) is 0 Å². The van der Waals surface area contributed by atoms with Gasteiger partial charge in [0.2, 0.25) is 0 Å².